The fraction of sp³-hybridized carbons (Fsp3) is 0.474. The van der Waals surface area contributed by atoms with Crippen molar-refractivity contribution in [3.05, 3.63) is 41.5 Å². The summed E-state index contributed by atoms with van der Waals surface area (Å²) >= 11 is 0. The van der Waals surface area contributed by atoms with Gasteiger partial charge in [-0.3, -0.25) is 9.59 Å². The van der Waals surface area contributed by atoms with Crippen LogP contribution in [0.2, 0.25) is 0 Å². The van der Waals surface area contributed by atoms with Crippen LogP contribution in [0.15, 0.2) is 35.9 Å². The van der Waals surface area contributed by atoms with Crippen LogP contribution < -0.4 is 5.32 Å². The molecule has 0 radical (unpaired) electrons. The molecule has 3 nitrogen and oxygen atoms in total. The lowest BCUT2D eigenvalue weighted by Crippen LogP contribution is -2.32. The summed E-state index contributed by atoms with van der Waals surface area (Å²) in [5.74, 6) is 0.153. The highest BCUT2D eigenvalue weighted by Gasteiger charge is 2.63. The minimum absolute atomic E-state index is 0.0555. The number of aryl methyl sites for hydroxylation is 1. The molecule has 2 aliphatic carbocycles. The molecular formula is C19H23NO2. The maximum absolute atomic E-state index is 12.7. The number of hydrogen-bond donors (Lipinski definition) is 1. The summed E-state index contributed by atoms with van der Waals surface area (Å²) in [7, 11) is 0. The largest absolute Gasteiger partial charge is 0.323 e. The van der Waals surface area contributed by atoms with Crippen molar-refractivity contribution in [2.24, 2.45) is 16.7 Å². The Hall–Kier alpha value is -1.90. The second-order valence-corrected chi connectivity index (χ2v) is 7.43. The van der Waals surface area contributed by atoms with E-state index in [0.717, 1.165) is 24.1 Å². The first kappa shape index (κ1) is 15.0. The Bertz CT molecular complexity index is 669. The van der Waals surface area contributed by atoms with E-state index >= 15 is 0 Å². The van der Waals surface area contributed by atoms with Crippen molar-refractivity contribution in [1.29, 1.82) is 0 Å². The lowest BCUT2D eigenvalue weighted by Gasteiger charge is -2.31. The summed E-state index contributed by atoms with van der Waals surface area (Å²) in [5, 5.41) is 2.85. The maximum Gasteiger partial charge on any atom is 0.248 e. The highest BCUT2D eigenvalue weighted by atomic mass is 16.2. The molecule has 0 heterocycles. The third-order valence-corrected chi connectivity index (χ3v) is 5.97. The molecule has 2 fully saturated rings. The third kappa shape index (κ3) is 2.03. The summed E-state index contributed by atoms with van der Waals surface area (Å²) in [4.78, 5) is 24.9. The van der Waals surface area contributed by atoms with E-state index < -0.39 is 0 Å². The van der Waals surface area contributed by atoms with E-state index in [1.807, 2.05) is 38.1 Å². The van der Waals surface area contributed by atoms with Gasteiger partial charge in [-0.1, -0.05) is 38.5 Å². The van der Waals surface area contributed by atoms with Gasteiger partial charge >= 0.3 is 0 Å². The Kier molecular flexibility index (Phi) is 3.28. The number of allylic oxidation sites excluding steroid dienone is 1. The van der Waals surface area contributed by atoms with Gasteiger partial charge in [0.2, 0.25) is 5.91 Å². The number of nitrogens with one attached hydrogen (secondary N) is 1. The monoisotopic (exact) mass is 297 g/mol. The number of rotatable bonds is 2. The van der Waals surface area contributed by atoms with E-state index in [0.29, 0.717) is 5.57 Å². The highest BCUT2D eigenvalue weighted by Crippen LogP contribution is 2.65. The zero-order valence-corrected chi connectivity index (χ0v) is 13.7. The second kappa shape index (κ2) is 4.80. The zero-order valence-electron chi connectivity index (χ0n) is 13.7. The second-order valence-electron chi connectivity index (χ2n) is 7.43. The number of anilines is 1. The van der Waals surface area contributed by atoms with E-state index in [9.17, 15) is 9.59 Å². The molecule has 116 valence electrons. The van der Waals surface area contributed by atoms with E-state index in [1.165, 1.54) is 6.08 Å². The zero-order chi connectivity index (χ0) is 16.1. The van der Waals surface area contributed by atoms with Crippen molar-refractivity contribution in [3.63, 3.8) is 0 Å². The minimum Gasteiger partial charge on any atom is -0.323 e. The van der Waals surface area contributed by atoms with Crippen LogP contribution in [0.3, 0.4) is 0 Å². The minimum atomic E-state index is -0.312. The van der Waals surface area contributed by atoms with Crippen LogP contribution >= 0.6 is 0 Å². The molecule has 2 aliphatic rings. The summed E-state index contributed by atoms with van der Waals surface area (Å²) in [6, 6.07) is 7.66. The Morgan fingerprint density at radius 2 is 1.86 bits per heavy atom. The molecular weight excluding hydrogens is 274 g/mol. The number of ketones is 1. The first-order valence-corrected chi connectivity index (χ1v) is 7.90. The van der Waals surface area contributed by atoms with Crippen molar-refractivity contribution in [1.82, 2.24) is 0 Å². The molecule has 0 saturated heterocycles. The maximum atomic E-state index is 12.7. The number of carbonyl (C=O) groups excluding carboxylic acids is 2. The topological polar surface area (TPSA) is 46.2 Å². The normalized spacial score (nSPS) is 30.8. The fourth-order valence-electron chi connectivity index (χ4n) is 4.05. The van der Waals surface area contributed by atoms with Crippen molar-refractivity contribution < 1.29 is 9.59 Å². The van der Waals surface area contributed by atoms with Gasteiger partial charge in [0.15, 0.2) is 5.78 Å². The molecule has 1 N–H and O–H groups in total. The van der Waals surface area contributed by atoms with Crippen LogP contribution in [0.25, 0.3) is 0 Å². The van der Waals surface area contributed by atoms with Gasteiger partial charge in [-0.25, -0.2) is 0 Å². The average molecular weight is 297 g/mol. The Labute approximate surface area is 131 Å². The number of fused-ring (bicyclic) bond motifs is 2. The predicted molar refractivity (Wildman–Crippen MR) is 87.5 cm³/mol. The van der Waals surface area contributed by atoms with Crippen LogP contribution in [0.4, 0.5) is 5.69 Å². The van der Waals surface area contributed by atoms with Crippen LogP contribution in [0, 0.1) is 23.7 Å². The summed E-state index contributed by atoms with van der Waals surface area (Å²) in [6.45, 7) is 8.36. The first-order chi connectivity index (χ1) is 10.3. The fourth-order valence-corrected chi connectivity index (χ4v) is 4.05. The molecule has 3 heteroatoms. The highest BCUT2D eigenvalue weighted by molar-refractivity contribution is 6.11. The van der Waals surface area contributed by atoms with Gasteiger partial charge in [-0.2, -0.15) is 0 Å². The van der Waals surface area contributed by atoms with Gasteiger partial charge in [0, 0.05) is 22.8 Å². The number of benzene rings is 1. The molecule has 1 aromatic carbocycles. The SMILES string of the molecule is Cc1ccc(NC(=O)C=C2C(=O)C3(C)CCC2C3(C)C)cc1. The molecule has 0 aliphatic heterocycles. The van der Waals surface area contributed by atoms with Crippen molar-refractivity contribution in [2.45, 2.75) is 40.5 Å². The number of carbonyl (C=O) groups is 2. The molecule has 2 bridgehead atoms. The molecule has 2 saturated carbocycles. The van der Waals surface area contributed by atoms with Gasteiger partial charge in [-0.15, -0.1) is 0 Å². The number of hydrogen-bond acceptors (Lipinski definition) is 2. The van der Waals surface area contributed by atoms with Crippen molar-refractivity contribution in [2.75, 3.05) is 5.32 Å². The van der Waals surface area contributed by atoms with Gasteiger partial charge in [-0.05, 0) is 43.2 Å². The summed E-state index contributed by atoms with van der Waals surface area (Å²) in [5.41, 5.74) is 2.25. The van der Waals surface area contributed by atoms with Crippen molar-refractivity contribution in [3.8, 4) is 0 Å². The third-order valence-electron chi connectivity index (χ3n) is 5.97. The van der Waals surface area contributed by atoms with Gasteiger partial charge < -0.3 is 5.32 Å². The van der Waals surface area contributed by atoms with Crippen LogP contribution in [0.1, 0.15) is 39.2 Å². The van der Waals surface area contributed by atoms with E-state index in [1.54, 1.807) is 0 Å². The van der Waals surface area contributed by atoms with Crippen LogP contribution in [0.5, 0.6) is 0 Å². The van der Waals surface area contributed by atoms with Gasteiger partial charge in [0.1, 0.15) is 0 Å². The lowest BCUT2D eigenvalue weighted by molar-refractivity contribution is -0.125. The van der Waals surface area contributed by atoms with E-state index in [2.05, 4.69) is 19.2 Å². The Morgan fingerprint density at radius 3 is 2.41 bits per heavy atom. The smallest absolute Gasteiger partial charge is 0.248 e. The van der Waals surface area contributed by atoms with E-state index in [4.69, 9.17) is 0 Å². The standard InChI is InChI=1S/C19H23NO2/c1-12-5-7-13(8-6-12)20-16(21)11-14-15-9-10-19(4,17(14)22)18(15,2)3/h5-8,11,15H,9-10H2,1-4H3,(H,20,21). The Balaban J connectivity index is 1.82. The Morgan fingerprint density at radius 1 is 1.23 bits per heavy atom. The molecule has 0 spiro atoms. The van der Waals surface area contributed by atoms with E-state index in [-0.39, 0.29) is 28.4 Å². The average Bonchev–Trinajstić information content (AvgIpc) is 2.76. The first-order valence-electron chi connectivity index (χ1n) is 7.90. The molecule has 1 amide bonds. The quantitative estimate of drug-likeness (QED) is 0.842. The predicted octanol–water partition coefficient (Wildman–Crippen LogP) is 3.89. The molecule has 2 atom stereocenters. The molecule has 3 rings (SSSR count). The number of Topliss-reactive ketones (excluding diaryl/α,β-unsaturated/α-hetero) is 1. The molecule has 1 aromatic rings. The van der Waals surface area contributed by atoms with Crippen LogP contribution in [-0.4, -0.2) is 11.7 Å². The number of amides is 1. The summed E-state index contributed by atoms with van der Waals surface area (Å²) in [6.07, 6.45) is 3.46. The van der Waals surface area contributed by atoms with Crippen LogP contribution in [-0.2, 0) is 9.59 Å². The summed E-state index contributed by atoms with van der Waals surface area (Å²) < 4.78 is 0. The molecule has 2 unspecified atom stereocenters. The van der Waals surface area contributed by atoms with Gasteiger partial charge in [0.05, 0.1) is 0 Å². The molecule has 22 heavy (non-hydrogen) atoms. The van der Waals surface area contributed by atoms with Gasteiger partial charge in [0.25, 0.3) is 0 Å². The molecule has 0 aromatic heterocycles. The van der Waals surface area contributed by atoms with Crippen molar-refractivity contribution >= 4 is 17.4 Å². The lowest BCUT2D eigenvalue weighted by atomic mass is 9.70.